The number of hydrogen-bond acceptors (Lipinski definition) is 5. The highest BCUT2D eigenvalue weighted by atomic mass is 16.7. The molecule has 0 radical (unpaired) electrons. The monoisotopic (exact) mass is 452 g/mol. The Morgan fingerprint density at radius 1 is 0.600 bits per heavy atom. The fraction of sp³-hybridized carbons (Fsp3) is 0.0333. The molecule has 1 aliphatic heterocycles. The summed E-state index contributed by atoms with van der Waals surface area (Å²) in [4.78, 5) is 19.9. The van der Waals surface area contributed by atoms with Gasteiger partial charge in [0, 0.05) is 64.3 Å². The van der Waals surface area contributed by atoms with E-state index in [2.05, 4.69) is 75.7 Å². The summed E-state index contributed by atoms with van der Waals surface area (Å²) in [6, 6.07) is 24.9. The molecule has 1 unspecified atom stereocenters. The third-order valence-electron chi connectivity index (χ3n) is 6.63. The molecule has 6 aromatic rings. The van der Waals surface area contributed by atoms with Crippen LogP contribution in [0.2, 0.25) is 0 Å². The number of aromatic nitrogens is 3. The molecular formula is C30H20N4O. The van der Waals surface area contributed by atoms with Crippen LogP contribution in [0.15, 0.2) is 116 Å². The number of fused-ring (bicyclic) bond motifs is 3. The Kier molecular flexibility index (Phi) is 4.54. The summed E-state index contributed by atoms with van der Waals surface area (Å²) < 4.78 is 0. The van der Waals surface area contributed by atoms with Crippen LogP contribution in [0.3, 0.4) is 0 Å². The van der Waals surface area contributed by atoms with E-state index in [9.17, 15) is 0 Å². The van der Waals surface area contributed by atoms with Crippen molar-refractivity contribution >= 4 is 43.6 Å². The Balaban J connectivity index is 1.46. The molecule has 0 spiro atoms. The second kappa shape index (κ2) is 8.01. The standard InChI is InChI=1S/C30H20N4O/c1-2-8-24-22(5-1)16-33-18-29(24)34-19-28(25-9-3-6-20-11-13-32-17-27(20)25)30(35-34)26-10-4-7-21-15-31-14-12-23(21)26/h1-19,30H. The Morgan fingerprint density at radius 2 is 1.37 bits per heavy atom. The molecule has 0 saturated heterocycles. The molecule has 7 rings (SSSR count). The SMILES string of the molecule is C1=C(c2cccc3ccncc23)C(c2cccc3cnccc23)ON1c1cncc2ccccc12. The van der Waals surface area contributed by atoms with Crippen molar-refractivity contribution in [2.45, 2.75) is 6.10 Å². The molecule has 1 atom stereocenters. The van der Waals surface area contributed by atoms with Gasteiger partial charge in [0.1, 0.15) is 6.10 Å². The minimum Gasteiger partial charge on any atom is -0.264 e. The van der Waals surface area contributed by atoms with E-state index in [0.29, 0.717) is 0 Å². The van der Waals surface area contributed by atoms with Crippen molar-refractivity contribution in [3.63, 3.8) is 0 Å². The lowest BCUT2D eigenvalue weighted by atomic mass is 9.91. The Hall–Kier alpha value is -4.61. The number of benzene rings is 3. The van der Waals surface area contributed by atoms with Gasteiger partial charge in [0.25, 0.3) is 0 Å². The van der Waals surface area contributed by atoms with E-state index in [1.165, 1.54) is 0 Å². The van der Waals surface area contributed by atoms with E-state index in [4.69, 9.17) is 4.84 Å². The zero-order chi connectivity index (χ0) is 23.2. The summed E-state index contributed by atoms with van der Waals surface area (Å²) >= 11 is 0. The van der Waals surface area contributed by atoms with E-state index in [-0.39, 0.29) is 6.10 Å². The Morgan fingerprint density at radius 3 is 2.37 bits per heavy atom. The van der Waals surface area contributed by atoms with Crippen molar-refractivity contribution in [2.24, 2.45) is 0 Å². The van der Waals surface area contributed by atoms with Gasteiger partial charge in [-0.3, -0.25) is 19.8 Å². The van der Waals surface area contributed by atoms with Gasteiger partial charge in [-0.2, -0.15) is 0 Å². The predicted molar refractivity (Wildman–Crippen MR) is 140 cm³/mol. The quantitative estimate of drug-likeness (QED) is 0.293. The third kappa shape index (κ3) is 3.25. The Labute approximate surface area is 201 Å². The molecule has 5 nitrogen and oxygen atoms in total. The molecule has 0 fully saturated rings. The summed E-state index contributed by atoms with van der Waals surface area (Å²) in [5, 5.41) is 8.45. The largest absolute Gasteiger partial charge is 0.264 e. The van der Waals surface area contributed by atoms with Crippen LogP contribution < -0.4 is 5.06 Å². The van der Waals surface area contributed by atoms with Crippen molar-refractivity contribution in [3.8, 4) is 0 Å². The normalized spacial score (nSPS) is 15.7. The number of hydroxylamine groups is 1. The summed E-state index contributed by atoms with van der Waals surface area (Å²) in [6.07, 6.45) is 13.0. The zero-order valence-corrected chi connectivity index (χ0v) is 18.7. The summed E-state index contributed by atoms with van der Waals surface area (Å²) in [7, 11) is 0. The first-order valence-electron chi connectivity index (χ1n) is 11.5. The molecular weight excluding hydrogens is 432 g/mol. The highest BCUT2D eigenvalue weighted by molar-refractivity contribution is 5.98. The first-order valence-corrected chi connectivity index (χ1v) is 11.5. The highest BCUT2D eigenvalue weighted by Crippen LogP contribution is 2.45. The third-order valence-corrected chi connectivity index (χ3v) is 6.63. The molecule has 35 heavy (non-hydrogen) atoms. The van der Waals surface area contributed by atoms with Crippen molar-refractivity contribution in [2.75, 3.05) is 5.06 Å². The van der Waals surface area contributed by atoms with Crippen LogP contribution in [0.5, 0.6) is 0 Å². The van der Waals surface area contributed by atoms with E-state index in [0.717, 1.165) is 54.7 Å². The number of anilines is 1. The number of rotatable bonds is 3. The fourth-order valence-electron chi connectivity index (χ4n) is 4.97. The summed E-state index contributed by atoms with van der Waals surface area (Å²) in [5.41, 5.74) is 4.17. The smallest absolute Gasteiger partial charge is 0.139 e. The average Bonchev–Trinajstić information content (AvgIpc) is 3.37. The van der Waals surface area contributed by atoms with E-state index in [1.54, 1.807) is 0 Å². The maximum atomic E-state index is 6.73. The maximum Gasteiger partial charge on any atom is 0.139 e. The molecule has 4 heterocycles. The molecule has 0 N–H and O–H groups in total. The molecule has 0 saturated carbocycles. The molecule has 1 aliphatic rings. The van der Waals surface area contributed by atoms with Crippen molar-refractivity contribution in [1.29, 1.82) is 0 Å². The number of nitrogens with zero attached hydrogens (tertiary/aromatic N) is 4. The molecule has 166 valence electrons. The van der Waals surface area contributed by atoms with Crippen LogP contribution in [-0.2, 0) is 4.84 Å². The number of pyridine rings is 3. The minimum absolute atomic E-state index is 0.314. The lowest BCUT2D eigenvalue weighted by Crippen LogP contribution is -2.14. The second-order valence-electron chi connectivity index (χ2n) is 8.62. The van der Waals surface area contributed by atoms with Gasteiger partial charge in [-0.1, -0.05) is 60.7 Å². The van der Waals surface area contributed by atoms with Crippen LogP contribution in [-0.4, -0.2) is 15.0 Å². The van der Waals surface area contributed by atoms with Crippen molar-refractivity contribution in [1.82, 2.24) is 15.0 Å². The molecule has 3 aromatic heterocycles. The van der Waals surface area contributed by atoms with Gasteiger partial charge in [-0.15, -0.1) is 0 Å². The van der Waals surface area contributed by atoms with Gasteiger partial charge in [0.15, 0.2) is 0 Å². The summed E-state index contributed by atoms with van der Waals surface area (Å²) in [5.74, 6) is 0. The molecule has 5 heteroatoms. The average molecular weight is 453 g/mol. The maximum absolute atomic E-state index is 6.73. The highest BCUT2D eigenvalue weighted by Gasteiger charge is 2.32. The van der Waals surface area contributed by atoms with Crippen molar-refractivity contribution < 1.29 is 4.84 Å². The van der Waals surface area contributed by atoms with Gasteiger partial charge >= 0.3 is 0 Å². The Bertz CT molecular complexity index is 1740. The minimum atomic E-state index is -0.314. The lowest BCUT2D eigenvalue weighted by molar-refractivity contribution is 0.108. The first-order chi connectivity index (χ1) is 17.4. The van der Waals surface area contributed by atoms with Gasteiger partial charge in [-0.25, -0.2) is 5.06 Å². The van der Waals surface area contributed by atoms with Crippen LogP contribution in [0.4, 0.5) is 5.69 Å². The fourth-order valence-corrected chi connectivity index (χ4v) is 4.97. The van der Waals surface area contributed by atoms with Gasteiger partial charge in [0.2, 0.25) is 0 Å². The molecule has 0 amide bonds. The second-order valence-corrected chi connectivity index (χ2v) is 8.62. The molecule has 0 bridgehead atoms. The van der Waals surface area contributed by atoms with E-state index < -0.39 is 0 Å². The summed E-state index contributed by atoms with van der Waals surface area (Å²) in [6.45, 7) is 0. The van der Waals surface area contributed by atoms with Gasteiger partial charge in [0.05, 0.1) is 11.9 Å². The lowest BCUT2D eigenvalue weighted by Gasteiger charge is -2.21. The number of hydrogen-bond donors (Lipinski definition) is 0. The molecule has 3 aromatic carbocycles. The van der Waals surface area contributed by atoms with Crippen LogP contribution in [0.1, 0.15) is 17.2 Å². The van der Waals surface area contributed by atoms with E-state index >= 15 is 0 Å². The zero-order valence-electron chi connectivity index (χ0n) is 18.7. The predicted octanol–water partition coefficient (Wildman–Crippen LogP) is 6.87. The molecule has 0 aliphatic carbocycles. The van der Waals surface area contributed by atoms with Crippen LogP contribution >= 0.6 is 0 Å². The van der Waals surface area contributed by atoms with E-state index in [1.807, 2.05) is 60.4 Å². The van der Waals surface area contributed by atoms with Gasteiger partial charge in [-0.05, 0) is 34.0 Å². The topological polar surface area (TPSA) is 51.1 Å². The first kappa shape index (κ1) is 19.8. The van der Waals surface area contributed by atoms with Crippen molar-refractivity contribution in [3.05, 3.63) is 127 Å². The van der Waals surface area contributed by atoms with Gasteiger partial charge < -0.3 is 0 Å². The van der Waals surface area contributed by atoms with Crippen LogP contribution in [0, 0.1) is 0 Å². The van der Waals surface area contributed by atoms with Crippen LogP contribution in [0.25, 0.3) is 37.9 Å².